The Hall–Kier alpha value is -3.39. The van der Waals surface area contributed by atoms with E-state index in [1.165, 1.54) is 17.5 Å². The lowest BCUT2D eigenvalue weighted by Crippen LogP contribution is -2.44. The van der Waals surface area contributed by atoms with Gasteiger partial charge in [0.2, 0.25) is 5.43 Å². The Morgan fingerprint density at radius 3 is 2.71 bits per heavy atom. The van der Waals surface area contributed by atoms with Crippen LogP contribution in [0.25, 0.3) is 16.2 Å². The predicted molar refractivity (Wildman–Crippen MR) is 141 cm³/mol. The van der Waals surface area contributed by atoms with Gasteiger partial charge in [0.25, 0.3) is 0 Å². The molecular formula is C25H31N5O7S. The van der Waals surface area contributed by atoms with Crippen molar-refractivity contribution in [3.63, 3.8) is 0 Å². The smallest absolute Gasteiger partial charge is 0.343 e. The van der Waals surface area contributed by atoms with E-state index < -0.39 is 17.0 Å². The number of methoxy groups -OCH3 is 1. The number of fused-ring (bicyclic) bond motifs is 1. The van der Waals surface area contributed by atoms with E-state index in [1.807, 2.05) is 25.7 Å². The zero-order chi connectivity index (χ0) is 27.4. The summed E-state index contributed by atoms with van der Waals surface area (Å²) in [5, 5.41) is 14.7. The van der Waals surface area contributed by atoms with E-state index in [0.717, 1.165) is 0 Å². The molecule has 12 nitrogen and oxygen atoms in total. The lowest BCUT2D eigenvalue weighted by molar-refractivity contribution is -0.153. The lowest BCUT2D eigenvalue weighted by atomic mass is 10.2. The molecule has 1 aliphatic rings. The SMILES string of the molecule is CO[C@@H]1CN(c2ccc3c(=O)c(C(=O)OCCO)cn(-c4nccs4)c3n2)C[C@H]1NCC(=O)OC(C)(C)C. The summed E-state index contributed by atoms with van der Waals surface area (Å²) in [4.78, 5) is 49.0. The van der Waals surface area contributed by atoms with Gasteiger partial charge in [0.1, 0.15) is 23.6 Å². The first-order valence-corrected chi connectivity index (χ1v) is 13.0. The molecule has 4 rings (SSSR count). The number of pyridine rings is 2. The summed E-state index contributed by atoms with van der Waals surface area (Å²) < 4.78 is 17.6. The van der Waals surface area contributed by atoms with Gasteiger partial charge in [0.15, 0.2) is 10.8 Å². The van der Waals surface area contributed by atoms with Crippen LogP contribution < -0.4 is 15.6 Å². The number of aromatic nitrogens is 3. The van der Waals surface area contributed by atoms with Gasteiger partial charge in [0, 0.05) is 38.0 Å². The lowest BCUT2D eigenvalue weighted by Gasteiger charge is -2.22. The zero-order valence-corrected chi connectivity index (χ0v) is 22.5. The van der Waals surface area contributed by atoms with Gasteiger partial charge in [-0.3, -0.25) is 19.5 Å². The molecule has 38 heavy (non-hydrogen) atoms. The molecule has 0 unspecified atom stereocenters. The molecule has 2 atom stereocenters. The van der Waals surface area contributed by atoms with Crippen LogP contribution in [-0.4, -0.2) is 89.3 Å². The van der Waals surface area contributed by atoms with Crippen LogP contribution >= 0.6 is 11.3 Å². The van der Waals surface area contributed by atoms with E-state index in [2.05, 4.69) is 10.3 Å². The number of hydrogen-bond donors (Lipinski definition) is 2. The van der Waals surface area contributed by atoms with Crippen LogP contribution in [0.3, 0.4) is 0 Å². The van der Waals surface area contributed by atoms with Gasteiger partial charge in [-0.15, -0.1) is 11.3 Å². The van der Waals surface area contributed by atoms with E-state index in [-0.39, 0.29) is 48.8 Å². The van der Waals surface area contributed by atoms with Crippen LogP contribution in [0.1, 0.15) is 31.1 Å². The van der Waals surface area contributed by atoms with Gasteiger partial charge in [-0.05, 0) is 32.9 Å². The molecule has 1 fully saturated rings. The third kappa shape index (κ3) is 6.18. The maximum Gasteiger partial charge on any atom is 0.343 e. The third-order valence-corrected chi connectivity index (χ3v) is 6.60. The highest BCUT2D eigenvalue weighted by molar-refractivity contribution is 7.12. The van der Waals surface area contributed by atoms with E-state index in [0.29, 0.717) is 29.7 Å². The average molecular weight is 546 g/mol. The molecule has 0 saturated carbocycles. The highest BCUT2D eigenvalue weighted by Gasteiger charge is 2.34. The van der Waals surface area contributed by atoms with Crippen molar-refractivity contribution in [1.29, 1.82) is 0 Å². The summed E-state index contributed by atoms with van der Waals surface area (Å²) in [6.07, 6.45) is 2.77. The molecule has 0 amide bonds. The van der Waals surface area contributed by atoms with Gasteiger partial charge in [-0.1, -0.05) is 0 Å². The van der Waals surface area contributed by atoms with Crippen molar-refractivity contribution in [2.45, 2.75) is 38.5 Å². The van der Waals surface area contributed by atoms with Crippen molar-refractivity contribution in [2.24, 2.45) is 0 Å². The number of nitrogens with zero attached hydrogens (tertiary/aromatic N) is 4. The van der Waals surface area contributed by atoms with Crippen LogP contribution in [0, 0.1) is 0 Å². The first kappa shape index (κ1) is 27.6. The molecule has 0 aromatic carbocycles. The molecule has 4 heterocycles. The van der Waals surface area contributed by atoms with Gasteiger partial charge < -0.3 is 24.2 Å². The summed E-state index contributed by atoms with van der Waals surface area (Å²) in [7, 11) is 1.61. The molecule has 0 radical (unpaired) electrons. The maximum atomic E-state index is 13.2. The molecule has 1 aliphatic heterocycles. The second kappa shape index (κ2) is 11.6. The van der Waals surface area contributed by atoms with E-state index in [1.54, 1.807) is 35.4 Å². The number of carbonyl (C=O) groups excluding carboxylic acids is 2. The number of aliphatic hydroxyl groups excluding tert-OH is 1. The van der Waals surface area contributed by atoms with Crippen molar-refractivity contribution >= 4 is 40.1 Å². The highest BCUT2D eigenvalue weighted by Crippen LogP contribution is 2.25. The Balaban J connectivity index is 1.64. The Morgan fingerprint density at radius 1 is 1.26 bits per heavy atom. The second-order valence-corrected chi connectivity index (χ2v) is 10.6. The number of nitrogens with one attached hydrogen (secondary N) is 1. The average Bonchev–Trinajstić information content (AvgIpc) is 3.55. The van der Waals surface area contributed by atoms with Crippen molar-refractivity contribution in [2.75, 3.05) is 44.9 Å². The fraction of sp³-hybridized carbons (Fsp3) is 0.480. The van der Waals surface area contributed by atoms with E-state index >= 15 is 0 Å². The maximum absolute atomic E-state index is 13.2. The molecule has 0 spiro atoms. The minimum Gasteiger partial charge on any atom is -0.460 e. The summed E-state index contributed by atoms with van der Waals surface area (Å²) in [5.41, 5.74) is -0.940. The monoisotopic (exact) mass is 545 g/mol. The molecule has 1 saturated heterocycles. The Morgan fingerprint density at radius 2 is 2.05 bits per heavy atom. The first-order chi connectivity index (χ1) is 18.1. The molecule has 3 aromatic heterocycles. The van der Waals surface area contributed by atoms with Crippen molar-refractivity contribution in [3.05, 3.63) is 45.7 Å². The van der Waals surface area contributed by atoms with Crippen LogP contribution in [0.15, 0.2) is 34.7 Å². The van der Waals surface area contributed by atoms with Crippen LogP contribution in [0.5, 0.6) is 0 Å². The summed E-state index contributed by atoms with van der Waals surface area (Å²) >= 11 is 1.32. The van der Waals surface area contributed by atoms with Crippen LogP contribution in [0.4, 0.5) is 5.82 Å². The summed E-state index contributed by atoms with van der Waals surface area (Å²) in [5.74, 6) is -0.585. The van der Waals surface area contributed by atoms with E-state index in [4.69, 9.17) is 24.3 Å². The van der Waals surface area contributed by atoms with Crippen LogP contribution in [-0.2, 0) is 19.0 Å². The topological polar surface area (TPSA) is 145 Å². The molecule has 13 heteroatoms. The number of carbonyl (C=O) groups is 2. The number of hydrogen-bond acceptors (Lipinski definition) is 12. The normalized spacial score (nSPS) is 17.7. The Bertz CT molecular complexity index is 1350. The van der Waals surface area contributed by atoms with Gasteiger partial charge >= 0.3 is 11.9 Å². The first-order valence-electron chi connectivity index (χ1n) is 12.1. The molecule has 0 aliphatic carbocycles. The van der Waals surface area contributed by atoms with Crippen molar-refractivity contribution < 1.29 is 28.9 Å². The van der Waals surface area contributed by atoms with Crippen molar-refractivity contribution in [3.8, 4) is 5.13 Å². The van der Waals surface area contributed by atoms with E-state index in [9.17, 15) is 14.4 Å². The molecule has 3 aromatic rings. The molecule has 2 N–H and O–H groups in total. The predicted octanol–water partition coefficient (Wildman–Crippen LogP) is 1.13. The number of anilines is 1. The number of ether oxygens (including phenoxy) is 3. The fourth-order valence-electron chi connectivity index (χ4n) is 4.20. The largest absolute Gasteiger partial charge is 0.460 e. The highest BCUT2D eigenvalue weighted by atomic mass is 32.1. The van der Waals surface area contributed by atoms with Crippen LogP contribution in [0.2, 0.25) is 0 Å². The number of thiazole rings is 1. The summed E-state index contributed by atoms with van der Waals surface area (Å²) in [6, 6.07) is 3.17. The Kier molecular flexibility index (Phi) is 8.41. The zero-order valence-electron chi connectivity index (χ0n) is 21.7. The molecular weight excluding hydrogens is 514 g/mol. The fourth-order valence-corrected chi connectivity index (χ4v) is 4.82. The number of aliphatic hydroxyl groups is 1. The minimum atomic E-state index is -0.832. The minimum absolute atomic E-state index is 0.0412. The van der Waals surface area contributed by atoms with Crippen molar-refractivity contribution in [1.82, 2.24) is 19.9 Å². The standard InChI is InChI=1S/C25H31N5O7S/c1-25(2,3)37-20(32)11-27-17-13-29(14-18(17)35-4)19-6-5-15-21(33)16(23(34)36-9-8-31)12-30(22(15)28-19)24-26-7-10-38-24/h5-7,10,12,17-18,27,31H,8-9,11,13-14H2,1-4H3/t17-,18-/m1/s1. The number of esters is 2. The second-order valence-electron chi connectivity index (χ2n) is 9.71. The number of rotatable bonds is 9. The van der Waals surface area contributed by atoms with Gasteiger partial charge in [0.05, 0.1) is 30.7 Å². The van der Waals surface area contributed by atoms with Gasteiger partial charge in [-0.2, -0.15) is 0 Å². The molecule has 204 valence electrons. The Labute approximate surface area is 223 Å². The molecule has 0 bridgehead atoms. The third-order valence-electron chi connectivity index (χ3n) is 5.83. The summed E-state index contributed by atoms with van der Waals surface area (Å²) in [6.45, 7) is 5.94. The quantitative estimate of drug-likeness (QED) is 0.373. The van der Waals surface area contributed by atoms with Gasteiger partial charge in [-0.25, -0.2) is 14.8 Å².